The molecule has 6 heteroatoms. The van der Waals surface area contributed by atoms with Crippen LogP contribution in [-0.2, 0) is 4.74 Å². The number of carbonyl (C=O) groups is 2. The molecule has 2 aromatic carbocycles. The van der Waals surface area contributed by atoms with Crippen molar-refractivity contribution in [1.29, 1.82) is 0 Å². The Morgan fingerprint density at radius 2 is 1.96 bits per heavy atom. The molecule has 1 fully saturated rings. The van der Waals surface area contributed by atoms with Gasteiger partial charge in [0.1, 0.15) is 18.1 Å². The standard InChI is InChI=1S/C19H19NO5.C2H6/c21-11-16-17(22)7-4-8-18(16)25-13-15-12-24-10-9-20(15)19(23)14-5-2-1-3-6-14;1-2/h1-8,11,15,22H,9-10,12-13H2;1-2H3. The van der Waals surface area contributed by atoms with Crippen LogP contribution >= 0.6 is 0 Å². The Morgan fingerprint density at radius 3 is 2.67 bits per heavy atom. The van der Waals surface area contributed by atoms with Gasteiger partial charge in [-0.1, -0.05) is 38.1 Å². The number of phenols is 1. The fraction of sp³-hybridized carbons (Fsp3) is 0.333. The van der Waals surface area contributed by atoms with E-state index in [1.165, 1.54) is 6.07 Å². The zero-order valence-corrected chi connectivity index (χ0v) is 15.6. The van der Waals surface area contributed by atoms with Gasteiger partial charge in [0.15, 0.2) is 6.29 Å². The van der Waals surface area contributed by atoms with Gasteiger partial charge in [0, 0.05) is 12.1 Å². The van der Waals surface area contributed by atoms with Gasteiger partial charge in [-0.15, -0.1) is 0 Å². The normalized spacial score (nSPS) is 16.1. The number of morpholine rings is 1. The SMILES string of the molecule is CC.O=Cc1c(O)cccc1OCC1COCCN1C(=O)c1ccccc1. The summed E-state index contributed by atoms with van der Waals surface area (Å²) < 4.78 is 11.2. The van der Waals surface area contributed by atoms with Crippen molar-refractivity contribution in [3.63, 3.8) is 0 Å². The van der Waals surface area contributed by atoms with Crippen molar-refractivity contribution < 1.29 is 24.2 Å². The van der Waals surface area contributed by atoms with Crippen LogP contribution in [0.25, 0.3) is 0 Å². The van der Waals surface area contributed by atoms with Crippen LogP contribution in [0.5, 0.6) is 11.5 Å². The average molecular weight is 371 g/mol. The molecule has 144 valence electrons. The average Bonchev–Trinajstić information content (AvgIpc) is 2.74. The highest BCUT2D eigenvalue weighted by Gasteiger charge is 2.29. The van der Waals surface area contributed by atoms with E-state index in [0.29, 0.717) is 31.6 Å². The smallest absolute Gasteiger partial charge is 0.254 e. The van der Waals surface area contributed by atoms with Crippen molar-refractivity contribution >= 4 is 12.2 Å². The first-order valence-electron chi connectivity index (χ1n) is 9.04. The van der Waals surface area contributed by atoms with Crippen molar-refractivity contribution in [1.82, 2.24) is 4.90 Å². The lowest BCUT2D eigenvalue weighted by Gasteiger charge is -2.35. The highest BCUT2D eigenvalue weighted by Crippen LogP contribution is 2.26. The molecule has 1 heterocycles. The van der Waals surface area contributed by atoms with Gasteiger partial charge >= 0.3 is 0 Å². The molecule has 0 spiro atoms. The van der Waals surface area contributed by atoms with Gasteiger partial charge in [-0.05, 0) is 24.3 Å². The maximum absolute atomic E-state index is 12.7. The lowest BCUT2D eigenvalue weighted by atomic mass is 10.1. The number of amides is 1. The predicted octanol–water partition coefficient (Wildman–Crippen LogP) is 3.15. The number of phenolic OH excluding ortho intramolecular Hbond substituents is 1. The molecular weight excluding hydrogens is 346 g/mol. The molecule has 0 radical (unpaired) electrons. The molecule has 27 heavy (non-hydrogen) atoms. The van der Waals surface area contributed by atoms with E-state index in [4.69, 9.17) is 9.47 Å². The highest BCUT2D eigenvalue weighted by atomic mass is 16.5. The first-order chi connectivity index (χ1) is 13.2. The lowest BCUT2D eigenvalue weighted by molar-refractivity contribution is -0.0151. The monoisotopic (exact) mass is 371 g/mol. The van der Waals surface area contributed by atoms with Crippen molar-refractivity contribution in [2.45, 2.75) is 19.9 Å². The van der Waals surface area contributed by atoms with Crippen LogP contribution in [0.2, 0.25) is 0 Å². The second kappa shape index (κ2) is 10.3. The molecule has 1 N–H and O–H groups in total. The molecule has 3 rings (SSSR count). The summed E-state index contributed by atoms with van der Waals surface area (Å²) in [6.07, 6.45) is 0.551. The van der Waals surface area contributed by atoms with Crippen LogP contribution in [-0.4, -0.2) is 54.6 Å². The summed E-state index contributed by atoms with van der Waals surface area (Å²) in [4.78, 5) is 25.6. The molecule has 1 aliphatic heterocycles. The summed E-state index contributed by atoms with van der Waals surface area (Å²) in [5.74, 6) is 0.0707. The molecule has 0 bridgehead atoms. The molecule has 1 unspecified atom stereocenters. The van der Waals surface area contributed by atoms with Crippen LogP contribution in [0.15, 0.2) is 48.5 Å². The number of carbonyl (C=O) groups excluding carboxylic acids is 2. The van der Waals surface area contributed by atoms with E-state index in [1.807, 2.05) is 32.0 Å². The molecule has 0 aliphatic carbocycles. The largest absolute Gasteiger partial charge is 0.507 e. The van der Waals surface area contributed by atoms with E-state index in [1.54, 1.807) is 29.2 Å². The van der Waals surface area contributed by atoms with Crippen LogP contribution in [0.3, 0.4) is 0 Å². The number of hydrogen-bond donors (Lipinski definition) is 1. The van der Waals surface area contributed by atoms with Gasteiger partial charge < -0.3 is 19.5 Å². The third-order valence-corrected chi connectivity index (χ3v) is 4.10. The fourth-order valence-electron chi connectivity index (χ4n) is 2.77. The third kappa shape index (κ3) is 5.08. The Balaban J connectivity index is 0.00000126. The first kappa shape index (κ1) is 20.5. The van der Waals surface area contributed by atoms with Crippen LogP contribution in [0.1, 0.15) is 34.6 Å². The molecule has 0 aromatic heterocycles. The zero-order valence-electron chi connectivity index (χ0n) is 15.6. The Kier molecular flexibility index (Phi) is 7.82. The van der Waals surface area contributed by atoms with Crippen molar-refractivity contribution in [3.05, 3.63) is 59.7 Å². The summed E-state index contributed by atoms with van der Waals surface area (Å²) in [5, 5.41) is 9.72. The van der Waals surface area contributed by atoms with E-state index >= 15 is 0 Å². The van der Waals surface area contributed by atoms with Gasteiger partial charge in [0.2, 0.25) is 0 Å². The highest BCUT2D eigenvalue weighted by molar-refractivity contribution is 5.94. The Labute approximate surface area is 159 Å². The number of aldehydes is 1. The zero-order chi connectivity index (χ0) is 19.6. The van der Waals surface area contributed by atoms with Gasteiger partial charge in [-0.3, -0.25) is 9.59 Å². The quantitative estimate of drug-likeness (QED) is 0.817. The maximum Gasteiger partial charge on any atom is 0.254 e. The summed E-state index contributed by atoms with van der Waals surface area (Å²) >= 11 is 0. The molecular formula is C21H25NO5. The summed E-state index contributed by atoms with van der Waals surface area (Å²) in [6.45, 7) is 5.47. The van der Waals surface area contributed by atoms with Crippen LogP contribution < -0.4 is 4.74 Å². The lowest BCUT2D eigenvalue weighted by Crippen LogP contribution is -2.51. The molecule has 2 aromatic rings. The summed E-state index contributed by atoms with van der Waals surface area (Å²) in [7, 11) is 0. The number of nitrogens with zero attached hydrogens (tertiary/aromatic N) is 1. The summed E-state index contributed by atoms with van der Waals surface area (Å²) in [6, 6.07) is 13.4. The van der Waals surface area contributed by atoms with E-state index < -0.39 is 0 Å². The topological polar surface area (TPSA) is 76.1 Å². The molecule has 6 nitrogen and oxygen atoms in total. The minimum atomic E-state index is -0.275. The number of aromatic hydroxyl groups is 1. The molecule has 0 saturated carbocycles. The first-order valence-corrected chi connectivity index (χ1v) is 9.04. The molecule has 1 saturated heterocycles. The van der Waals surface area contributed by atoms with Gasteiger partial charge in [0.25, 0.3) is 5.91 Å². The van der Waals surface area contributed by atoms with Gasteiger partial charge in [-0.25, -0.2) is 0 Å². The number of ether oxygens (including phenoxy) is 2. The Bertz CT molecular complexity index is 747. The van der Waals surface area contributed by atoms with E-state index in [-0.39, 0.29) is 35.6 Å². The van der Waals surface area contributed by atoms with Crippen LogP contribution in [0.4, 0.5) is 0 Å². The van der Waals surface area contributed by atoms with E-state index in [2.05, 4.69) is 0 Å². The van der Waals surface area contributed by atoms with Crippen LogP contribution in [0, 0.1) is 0 Å². The molecule has 1 atom stereocenters. The van der Waals surface area contributed by atoms with Gasteiger partial charge in [-0.2, -0.15) is 0 Å². The van der Waals surface area contributed by atoms with E-state index in [0.717, 1.165) is 0 Å². The predicted molar refractivity (Wildman–Crippen MR) is 102 cm³/mol. The molecule has 1 aliphatic rings. The maximum atomic E-state index is 12.7. The van der Waals surface area contributed by atoms with Crippen molar-refractivity contribution in [2.75, 3.05) is 26.4 Å². The second-order valence-electron chi connectivity index (χ2n) is 5.71. The number of hydrogen-bond acceptors (Lipinski definition) is 5. The minimum Gasteiger partial charge on any atom is -0.507 e. The van der Waals surface area contributed by atoms with Crippen molar-refractivity contribution in [2.24, 2.45) is 0 Å². The van der Waals surface area contributed by atoms with Crippen molar-refractivity contribution in [3.8, 4) is 11.5 Å². The van der Waals surface area contributed by atoms with E-state index in [9.17, 15) is 14.7 Å². The molecule has 1 amide bonds. The fourth-order valence-corrected chi connectivity index (χ4v) is 2.77. The minimum absolute atomic E-state index is 0.0796. The number of benzene rings is 2. The second-order valence-corrected chi connectivity index (χ2v) is 5.71. The Morgan fingerprint density at radius 1 is 1.22 bits per heavy atom. The van der Waals surface area contributed by atoms with Gasteiger partial charge in [0.05, 0.1) is 24.8 Å². The Hall–Kier alpha value is -2.86. The third-order valence-electron chi connectivity index (χ3n) is 4.10. The number of rotatable bonds is 5. The summed E-state index contributed by atoms with van der Waals surface area (Å²) in [5.41, 5.74) is 0.709.